The molecule has 0 atom stereocenters. The van der Waals surface area contributed by atoms with Gasteiger partial charge in [-0.2, -0.15) is 0 Å². The number of fused-ring (bicyclic) bond motifs is 1. The van der Waals surface area contributed by atoms with Crippen molar-refractivity contribution in [2.24, 2.45) is 0 Å². The molecular weight excluding hydrogens is 402 g/mol. The lowest BCUT2D eigenvalue weighted by atomic mass is 10.3. The van der Waals surface area contributed by atoms with E-state index in [1.165, 1.54) is 0 Å². The van der Waals surface area contributed by atoms with Crippen molar-refractivity contribution in [2.75, 3.05) is 44.4 Å². The van der Waals surface area contributed by atoms with Crippen LogP contribution in [0.15, 0.2) is 53.4 Å². The maximum atomic E-state index is 13.1. The third-order valence-electron chi connectivity index (χ3n) is 4.28. The number of nitrogens with zero attached hydrogens (tertiary/aromatic N) is 3. The molecule has 0 aliphatic rings. The van der Waals surface area contributed by atoms with Crippen LogP contribution in [0.2, 0.25) is 0 Å². The van der Waals surface area contributed by atoms with Gasteiger partial charge in [0.05, 0.1) is 22.6 Å². The number of aromatic nitrogens is 1. The Labute approximate surface area is 180 Å². The SMILES string of the molecule is CCOc1ccc2nc(N(CCCN(C)C)C(=O)CSc3ccccc3)sc2c1. The molecule has 0 unspecified atom stereocenters. The zero-order chi connectivity index (χ0) is 20.6. The number of thioether (sulfide) groups is 1. The number of rotatable bonds is 10. The Bertz CT molecular complexity index is 928. The van der Waals surface area contributed by atoms with Crippen LogP contribution in [0, 0.1) is 0 Å². The van der Waals surface area contributed by atoms with Gasteiger partial charge in [0.25, 0.3) is 0 Å². The second-order valence-electron chi connectivity index (χ2n) is 6.86. The fourth-order valence-electron chi connectivity index (χ4n) is 2.88. The van der Waals surface area contributed by atoms with Gasteiger partial charge in [0.15, 0.2) is 5.13 Å². The van der Waals surface area contributed by atoms with Crippen LogP contribution in [0.5, 0.6) is 5.75 Å². The van der Waals surface area contributed by atoms with Crippen molar-refractivity contribution < 1.29 is 9.53 Å². The number of ether oxygens (including phenoxy) is 1. The summed E-state index contributed by atoms with van der Waals surface area (Å²) in [6.07, 6.45) is 0.898. The maximum Gasteiger partial charge on any atom is 0.239 e. The molecule has 3 aromatic rings. The molecule has 0 bridgehead atoms. The molecule has 1 amide bonds. The zero-order valence-corrected chi connectivity index (χ0v) is 18.8. The normalized spacial score (nSPS) is 11.2. The molecule has 154 valence electrons. The molecule has 0 saturated heterocycles. The molecule has 0 radical (unpaired) electrons. The third-order valence-corrected chi connectivity index (χ3v) is 6.32. The third kappa shape index (κ3) is 6.19. The Morgan fingerprint density at radius 2 is 1.93 bits per heavy atom. The van der Waals surface area contributed by atoms with Gasteiger partial charge in [-0.15, -0.1) is 11.8 Å². The predicted octanol–water partition coefficient (Wildman–Crippen LogP) is 4.77. The van der Waals surface area contributed by atoms with Crippen LogP contribution in [0.1, 0.15) is 13.3 Å². The summed E-state index contributed by atoms with van der Waals surface area (Å²) in [4.78, 5) is 22.9. The van der Waals surface area contributed by atoms with Gasteiger partial charge in [0.2, 0.25) is 5.91 Å². The Kier molecular flexibility index (Phi) is 7.91. The highest BCUT2D eigenvalue weighted by Gasteiger charge is 2.20. The lowest BCUT2D eigenvalue weighted by Crippen LogP contribution is -2.34. The maximum absolute atomic E-state index is 13.1. The van der Waals surface area contributed by atoms with Crippen LogP contribution in [-0.4, -0.2) is 55.3 Å². The van der Waals surface area contributed by atoms with E-state index in [-0.39, 0.29) is 5.91 Å². The van der Waals surface area contributed by atoms with Crippen molar-refractivity contribution in [1.82, 2.24) is 9.88 Å². The summed E-state index contributed by atoms with van der Waals surface area (Å²) in [6, 6.07) is 15.9. The molecule has 0 fully saturated rings. The lowest BCUT2D eigenvalue weighted by Gasteiger charge is -2.21. The van der Waals surface area contributed by atoms with Gasteiger partial charge in [-0.3, -0.25) is 9.69 Å². The topological polar surface area (TPSA) is 45.7 Å². The van der Waals surface area contributed by atoms with Gasteiger partial charge >= 0.3 is 0 Å². The average molecular weight is 430 g/mol. The van der Waals surface area contributed by atoms with Crippen LogP contribution in [0.3, 0.4) is 0 Å². The minimum Gasteiger partial charge on any atom is -0.494 e. The first-order chi connectivity index (χ1) is 14.1. The predicted molar refractivity (Wildman–Crippen MR) is 123 cm³/mol. The largest absolute Gasteiger partial charge is 0.494 e. The number of hydrogen-bond acceptors (Lipinski definition) is 6. The second-order valence-corrected chi connectivity index (χ2v) is 8.92. The van der Waals surface area contributed by atoms with E-state index in [2.05, 4.69) is 4.90 Å². The molecule has 1 heterocycles. The number of thiazole rings is 1. The second kappa shape index (κ2) is 10.6. The fourth-order valence-corrected chi connectivity index (χ4v) is 4.71. The smallest absolute Gasteiger partial charge is 0.239 e. The van der Waals surface area contributed by atoms with Crippen LogP contribution < -0.4 is 9.64 Å². The van der Waals surface area contributed by atoms with Crippen LogP contribution in [0.25, 0.3) is 10.2 Å². The van der Waals surface area contributed by atoms with E-state index in [1.807, 2.05) is 74.4 Å². The van der Waals surface area contributed by atoms with E-state index in [9.17, 15) is 4.79 Å². The molecule has 3 rings (SSSR count). The highest BCUT2D eigenvalue weighted by atomic mass is 32.2. The Morgan fingerprint density at radius 1 is 1.14 bits per heavy atom. The van der Waals surface area contributed by atoms with E-state index in [1.54, 1.807) is 23.1 Å². The zero-order valence-electron chi connectivity index (χ0n) is 17.1. The van der Waals surface area contributed by atoms with Crippen LogP contribution in [-0.2, 0) is 4.79 Å². The molecule has 0 spiro atoms. The van der Waals surface area contributed by atoms with E-state index >= 15 is 0 Å². The molecule has 0 aliphatic heterocycles. The Hall–Kier alpha value is -2.09. The minimum absolute atomic E-state index is 0.0849. The molecule has 5 nitrogen and oxygen atoms in total. The van der Waals surface area contributed by atoms with Gasteiger partial charge in [-0.25, -0.2) is 4.98 Å². The molecule has 7 heteroatoms. The van der Waals surface area contributed by atoms with E-state index in [4.69, 9.17) is 9.72 Å². The van der Waals surface area contributed by atoms with Crippen LogP contribution in [0.4, 0.5) is 5.13 Å². The fraction of sp³-hybridized carbons (Fsp3) is 0.364. The van der Waals surface area contributed by atoms with E-state index < -0.39 is 0 Å². The number of carbonyl (C=O) groups is 1. The lowest BCUT2D eigenvalue weighted by molar-refractivity contribution is -0.116. The van der Waals surface area contributed by atoms with Crippen molar-refractivity contribution in [1.29, 1.82) is 0 Å². The number of anilines is 1. The van der Waals surface area contributed by atoms with E-state index in [0.29, 0.717) is 18.9 Å². The van der Waals surface area contributed by atoms with Crippen molar-refractivity contribution in [3.63, 3.8) is 0 Å². The number of benzene rings is 2. The van der Waals surface area contributed by atoms with Gasteiger partial charge in [0, 0.05) is 11.4 Å². The van der Waals surface area contributed by atoms with E-state index in [0.717, 1.165) is 39.0 Å². The van der Waals surface area contributed by atoms with Gasteiger partial charge in [-0.1, -0.05) is 29.5 Å². The Morgan fingerprint density at radius 3 is 2.66 bits per heavy atom. The molecule has 0 aliphatic carbocycles. The number of carbonyl (C=O) groups excluding carboxylic acids is 1. The van der Waals surface area contributed by atoms with Gasteiger partial charge < -0.3 is 9.64 Å². The van der Waals surface area contributed by atoms with Crippen molar-refractivity contribution >= 4 is 44.4 Å². The first-order valence-electron chi connectivity index (χ1n) is 9.73. The molecular formula is C22H27N3O2S2. The number of hydrogen-bond donors (Lipinski definition) is 0. The highest BCUT2D eigenvalue weighted by Crippen LogP contribution is 2.32. The number of amides is 1. The van der Waals surface area contributed by atoms with Gasteiger partial charge in [-0.05, 0) is 64.3 Å². The molecule has 1 aromatic heterocycles. The summed E-state index contributed by atoms with van der Waals surface area (Å²) in [5, 5.41) is 0.756. The summed E-state index contributed by atoms with van der Waals surface area (Å²) in [6.45, 7) is 4.18. The molecule has 2 aromatic carbocycles. The summed E-state index contributed by atoms with van der Waals surface area (Å²) < 4.78 is 6.63. The van der Waals surface area contributed by atoms with Crippen LogP contribution >= 0.6 is 23.1 Å². The average Bonchev–Trinajstić information content (AvgIpc) is 3.13. The van der Waals surface area contributed by atoms with Crippen molar-refractivity contribution in [2.45, 2.75) is 18.2 Å². The Balaban J connectivity index is 1.78. The monoisotopic (exact) mass is 429 g/mol. The molecule has 29 heavy (non-hydrogen) atoms. The summed E-state index contributed by atoms with van der Waals surface area (Å²) >= 11 is 3.11. The highest BCUT2D eigenvalue weighted by molar-refractivity contribution is 8.00. The standard InChI is InChI=1S/C22H27N3O2S2/c1-4-27-17-11-12-19-20(15-17)29-22(23-19)25(14-8-13-24(2)3)21(26)16-28-18-9-6-5-7-10-18/h5-7,9-12,15H,4,8,13-14,16H2,1-3H3. The van der Waals surface area contributed by atoms with Gasteiger partial charge in [0.1, 0.15) is 5.75 Å². The summed E-state index contributed by atoms with van der Waals surface area (Å²) in [5.41, 5.74) is 0.898. The summed E-state index contributed by atoms with van der Waals surface area (Å²) in [5.74, 6) is 1.31. The first-order valence-corrected chi connectivity index (χ1v) is 11.5. The first kappa shape index (κ1) is 21.6. The molecule has 0 N–H and O–H groups in total. The quantitative estimate of drug-likeness (QED) is 0.434. The summed E-state index contributed by atoms with van der Waals surface area (Å²) in [7, 11) is 4.09. The van der Waals surface area contributed by atoms with Crippen molar-refractivity contribution in [3.05, 3.63) is 48.5 Å². The molecule has 0 saturated carbocycles. The van der Waals surface area contributed by atoms with Crippen molar-refractivity contribution in [3.8, 4) is 5.75 Å². The minimum atomic E-state index is 0.0849.